The van der Waals surface area contributed by atoms with Crippen LogP contribution in [0, 0.1) is 0 Å². The Morgan fingerprint density at radius 1 is 1.39 bits per heavy atom. The highest BCUT2D eigenvalue weighted by Crippen LogP contribution is 2.36. The number of amides is 1. The van der Waals surface area contributed by atoms with E-state index in [9.17, 15) is 9.90 Å². The summed E-state index contributed by atoms with van der Waals surface area (Å²) >= 11 is 0. The van der Waals surface area contributed by atoms with Crippen LogP contribution in [0.5, 0.6) is 0 Å². The summed E-state index contributed by atoms with van der Waals surface area (Å²) in [5, 5.41) is 23.0. The molecule has 1 saturated carbocycles. The van der Waals surface area contributed by atoms with Crippen LogP contribution in [0.25, 0.3) is 6.08 Å². The summed E-state index contributed by atoms with van der Waals surface area (Å²) in [5.41, 5.74) is 7.60. The molecule has 31 heavy (non-hydrogen) atoms. The molecule has 0 aromatic carbocycles. The van der Waals surface area contributed by atoms with Crippen molar-refractivity contribution in [2.24, 2.45) is 5.73 Å². The molecule has 0 saturated heterocycles. The van der Waals surface area contributed by atoms with Gasteiger partial charge in [-0.15, -0.1) is 0 Å². The summed E-state index contributed by atoms with van der Waals surface area (Å²) in [7, 11) is 0. The molecule has 2 heterocycles. The van der Waals surface area contributed by atoms with Gasteiger partial charge in [-0.05, 0) is 45.6 Å². The minimum atomic E-state index is -0.781. The van der Waals surface area contributed by atoms with Crippen LogP contribution in [0.1, 0.15) is 63.8 Å². The third-order valence-electron chi connectivity index (χ3n) is 5.43. The third kappa shape index (κ3) is 6.17. The molecular weight excluding hydrogens is 398 g/mol. The van der Waals surface area contributed by atoms with Gasteiger partial charge in [0.05, 0.1) is 6.10 Å². The average Bonchev–Trinajstić information content (AvgIpc) is 3.38. The Labute approximate surface area is 181 Å². The standard InChI is InChI=1S/C21H31N7O3/c1-4-12(2)25-21(30)31-15-6-5-14(9-15)17-11-19(28-27-17)26-20-18(23-7-8-24-20)10-16(22)13(3)29/h7-8,10-15,29H,4-6,9,22H2,1-3H3,(H,25,30)(H2,24,26,27,28). The molecule has 4 unspecified atom stereocenters. The largest absolute Gasteiger partial charge is 0.446 e. The Balaban J connectivity index is 1.61. The second kappa shape index (κ2) is 10.3. The molecule has 10 nitrogen and oxygen atoms in total. The molecule has 3 rings (SSSR count). The maximum atomic E-state index is 12.0. The van der Waals surface area contributed by atoms with E-state index < -0.39 is 6.10 Å². The number of carbonyl (C=O) groups is 1. The minimum Gasteiger partial charge on any atom is -0.446 e. The molecular formula is C21H31N7O3. The van der Waals surface area contributed by atoms with Gasteiger partial charge in [-0.3, -0.25) is 10.1 Å². The normalized spacial score (nSPS) is 20.8. The van der Waals surface area contributed by atoms with E-state index >= 15 is 0 Å². The van der Waals surface area contributed by atoms with Gasteiger partial charge in [-0.2, -0.15) is 5.10 Å². The van der Waals surface area contributed by atoms with Crippen molar-refractivity contribution >= 4 is 23.8 Å². The van der Waals surface area contributed by atoms with Gasteiger partial charge in [-0.25, -0.2) is 9.78 Å². The zero-order chi connectivity index (χ0) is 22.4. The fourth-order valence-corrected chi connectivity index (χ4v) is 3.38. The number of aliphatic hydroxyl groups is 1. The molecule has 168 valence electrons. The van der Waals surface area contributed by atoms with Gasteiger partial charge in [0.1, 0.15) is 11.8 Å². The molecule has 1 aliphatic carbocycles. The van der Waals surface area contributed by atoms with Crippen LogP contribution in [0.2, 0.25) is 0 Å². The monoisotopic (exact) mass is 429 g/mol. The van der Waals surface area contributed by atoms with Crippen molar-refractivity contribution in [3.8, 4) is 0 Å². The Bertz CT molecular complexity index is 912. The number of aromatic nitrogens is 4. The van der Waals surface area contributed by atoms with Gasteiger partial charge in [0.15, 0.2) is 11.6 Å². The first-order chi connectivity index (χ1) is 14.9. The molecule has 1 aliphatic rings. The highest BCUT2D eigenvalue weighted by molar-refractivity contribution is 5.68. The zero-order valence-electron chi connectivity index (χ0n) is 18.1. The Morgan fingerprint density at radius 3 is 2.90 bits per heavy atom. The van der Waals surface area contributed by atoms with E-state index in [2.05, 4.69) is 30.8 Å². The number of rotatable bonds is 8. The first-order valence-corrected chi connectivity index (χ1v) is 10.6. The molecule has 0 spiro atoms. The number of alkyl carbamates (subject to hydrolysis) is 1. The van der Waals surface area contributed by atoms with E-state index in [1.807, 2.05) is 19.9 Å². The average molecular weight is 430 g/mol. The number of H-pyrrole nitrogens is 1. The van der Waals surface area contributed by atoms with Crippen molar-refractivity contribution in [1.82, 2.24) is 25.5 Å². The van der Waals surface area contributed by atoms with Crippen molar-refractivity contribution in [3.05, 3.63) is 35.5 Å². The molecule has 10 heteroatoms. The zero-order valence-corrected chi connectivity index (χ0v) is 18.1. The lowest BCUT2D eigenvalue weighted by Crippen LogP contribution is -2.34. The molecule has 1 amide bonds. The van der Waals surface area contributed by atoms with E-state index in [-0.39, 0.29) is 24.2 Å². The number of hydrogen-bond acceptors (Lipinski definition) is 8. The van der Waals surface area contributed by atoms with Crippen LogP contribution in [-0.2, 0) is 4.74 Å². The number of ether oxygens (including phenoxy) is 1. The van der Waals surface area contributed by atoms with Gasteiger partial charge < -0.3 is 26.2 Å². The summed E-state index contributed by atoms with van der Waals surface area (Å²) < 4.78 is 5.55. The van der Waals surface area contributed by atoms with Gasteiger partial charge in [-0.1, -0.05) is 6.92 Å². The van der Waals surface area contributed by atoms with E-state index in [4.69, 9.17) is 10.5 Å². The molecule has 1 fully saturated rings. The number of nitrogens with one attached hydrogen (secondary N) is 3. The Hall–Kier alpha value is -3.14. The first-order valence-electron chi connectivity index (χ1n) is 10.6. The van der Waals surface area contributed by atoms with Crippen LogP contribution in [0.3, 0.4) is 0 Å². The number of carbonyl (C=O) groups excluding carboxylic acids is 1. The lowest BCUT2D eigenvalue weighted by atomic mass is 10.0. The molecule has 2 aromatic rings. The summed E-state index contributed by atoms with van der Waals surface area (Å²) in [5.74, 6) is 1.31. The molecule has 0 radical (unpaired) electrons. The van der Waals surface area contributed by atoms with Crippen molar-refractivity contribution in [2.45, 2.75) is 70.6 Å². The Morgan fingerprint density at radius 2 is 2.16 bits per heavy atom. The first kappa shape index (κ1) is 22.5. The second-order valence-corrected chi connectivity index (χ2v) is 7.93. The maximum absolute atomic E-state index is 12.0. The number of aliphatic hydroxyl groups excluding tert-OH is 1. The fourth-order valence-electron chi connectivity index (χ4n) is 3.38. The summed E-state index contributed by atoms with van der Waals surface area (Å²) in [6, 6.07) is 2.02. The number of aromatic amines is 1. The SMILES string of the molecule is CCC(C)NC(=O)OC1CCC(c2cc(Nc3nccnc3C=C(N)C(C)O)n[nH]2)C1. The summed E-state index contributed by atoms with van der Waals surface area (Å²) in [4.78, 5) is 20.5. The highest BCUT2D eigenvalue weighted by atomic mass is 16.6. The highest BCUT2D eigenvalue weighted by Gasteiger charge is 2.30. The summed E-state index contributed by atoms with van der Waals surface area (Å²) in [6.07, 6.45) is 6.80. The predicted molar refractivity (Wildman–Crippen MR) is 117 cm³/mol. The molecule has 6 N–H and O–H groups in total. The topological polar surface area (TPSA) is 151 Å². The lowest BCUT2D eigenvalue weighted by Gasteiger charge is -2.16. The number of hydrogen-bond donors (Lipinski definition) is 5. The van der Waals surface area contributed by atoms with Crippen molar-refractivity contribution in [2.75, 3.05) is 5.32 Å². The van der Waals surface area contributed by atoms with Crippen molar-refractivity contribution in [3.63, 3.8) is 0 Å². The minimum absolute atomic E-state index is 0.0997. The second-order valence-electron chi connectivity index (χ2n) is 7.93. The smallest absolute Gasteiger partial charge is 0.407 e. The molecule has 2 aromatic heterocycles. The van der Waals surface area contributed by atoms with Gasteiger partial charge in [0.25, 0.3) is 0 Å². The van der Waals surface area contributed by atoms with Gasteiger partial charge in [0.2, 0.25) is 0 Å². The third-order valence-corrected chi connectivity index (χ3v) is 5.43. The fraction of sp³-hybridized carbons (Fsp3) is 0.524. The van der Waals surface area contributed by atoms with Crippen molar-refractivity contribution in [1.29, 1.82) is 0 Å². The van der Waals surface area contributed by atoms with Crippen LogP contribution in [-0.4, -0.2) is 49.6 Å². The van der Waals surface area contributed by atoms with E-state index in [1.165, 1.54) is 0 Å². The molecule has 4 atom stereocenters. The van der Waals surface area contributed by atoms with Crippen LogP contribution >= 0.6 is 0 Å². The quantitative estimate of drug-likeness (QED) is 0.430. The lowest BCUT2D eigenvalue weighted by molar-refractivity contribution is 0.0974. The van der Waals surface area contributed by atoms with Crippen molar-refractivity contribution < 1.29 is 14.6 Å². The van der Waals surface area contributed by atoms with Gasteiger partial charge in [0, 0.05) is 41.8 Å². The molecule has 0 aliphatic heterocycles. The van der Waals surface area contributed by atoms with E-state index in [0.29, 0.717) is 23.0 Å². The van der Waals surface area contributed by atoms with Crippen LogP contribution in [0.4, 0.5) is 16.4 Å². The summed E-state index contributed by atoms with van der Waals surface area (Å²) in [6.45, 7) is 5.56. The number of nitrogens with zero attached hydrogens (tertiary/aromatic N) is 3. The number of nitrogens with two attached hydrogens (primary N) is 1. The van der Waals surface area contributed by atoms with Crippen LogP contribution in [0.15, 0.2) is 24.2 Å². The maximum Gasteiger partial charge on any atom is 0.407 e. The number of anilines is 2. The predicted octanol–water partition coefficient (Wildman–Crippen LogP) is 2.78. The molecule has 0 bridgehead atoms. The van der Waals surface area contributed by atoms with E-state index in [0.717, 1.165) is 31.4 Å². The van der Waals surface area contributed by atoms with Gasteiger partial charge >= 0.3 is 6.09 Å². The van der Waals surface area contributed by atoms with E-state index in [1.54, 1.807) is 25.4 Å². The van der Waals surface area contributed by atoms with Crippen LogP contribution < -0.4 is 16.4 Å². The Kier molecular flexibility index (Phi) is 7.45.